The summed E-state index contributed by atoms with van der Waals surface area (Å²) in [6.07, 6.45) is 0.829. The molecule has 0 unspecified atom stereocenters. The van der Waals surface area contributed by atoms with Crippen molar-refractivity contribution < 1.29 is 9.53 Å². The number of nitrogens with two attached hydrogens (primary N) is 1. The van der Waals surface area contributed by atoms with E-state index >= 15 is 0 Å². The summed E-state index contributed by atoms with van der Waals surface area (Å²) in [4.78, 5) is 14.1. The fourth-order valence-electron chi connectivity index (χ4n) is 2.00. The first-order valence-electron chi connectivity index (χ1n) is 7.37. The van der Waals surface area contributed by atoms with Crippen LogP contribution >= 0.6 is 0 Å². The Hall–Kier alpha value is -1.59. The summed E-state index contributed by atoms with van der Waals surface area (Å²) >= 11 is 0. The third-order valence-corrected chi connectivity index (χ3v) is 3.35. The fraction of sp³-hybridized carbons (Fsp3) is 0.562. The Balaban J connectivity index is 2.50. The van der Waals surface area contributed by atoms with E-state index in [0.717, 1.165) is 17.7 Å². The van der Waals surface area contributed by atoms with Gasteiger partial charge in [-0.1, -0.05) is 18.2 Å². The van der Waals surface area contributed by atoms with Gasteiger partial charge in [-0.05, 0) is 31.9 Å². The molecule has 0 atom stereocenters. The zero-order chi connectivity index (χ0) is 15.7. The zero-order valence-electron chi connectivity index (χ0n) is 13.3. The minimum atomic E-state index is 0.0364. The lowest BCUT2D eigenvalue weighted by molar-refractivity contribution is -0.122. The summed E-state index contributed by atoms with van der Waals surface area (Å²) in [6.45, 7) is 6.52. The van der Waals surface area contributed by atoms with Gasteiger partial charge in [-0.2, -0.15) is 0 Å². The molecule has 0 radical (unpaired) electrons. The van der Waals surface area contributed by atoms with Gasteiger partial charge in [0.2, 0.25) is 5.91 Å². The third-order valence-electron chi connectivity index (χ3n) is 3.35. The molecule has 5 nitrogen and oxygen atoms in total. The topological polar surface area (TPSA) is 67.6 Å². The van der Waals surface area contributed by atoms with Gasteiger partial charge >= 0.3 is 0 Å². The quantitative estimate of drug-likeness (QED) is 0.536. The van der Waals surface area contributed by atoms with Gasteiger partial charge in [0, 0.05) is 38.5 Å². The van der Waals surface area contributed by atoms with E-state index in [2.05, 4.69) is 24.1 Å². The first kappa shape index (κ1) is 17.5. The molecule has 3 N–H and O–H groups in total. The Kier molecular flexibility index (Phi) is 7.79. The van der Waals surface area contributed by atoms with Crippen LogP contribution in [0.2, 0.25) is 0 Å². The molecule has 0 aromatic heterocycles. The maximum Gasteiger partial charge on any atom is 0.234 e. The van der Waals surface area contributed by atoms with Crippen molar-refractivity contribution in [1.82, 2.24) is 10.2 Å². The number of amides is 1. The molecular formula is C16H27N3O2. The highest BCUT2D eigenvalue weighted by molar-refractivity contribution is 5.78. The van der Waals surface area contributed by atoms with E-state index in [9.17, 15) is 4.79 Å². The smallest absolute Gasteiger partial charge is 0.234 e. The van der Waals surface area contributed by atoms with E-state index in [-0.39, 0.29) is 11.9 Å². The number of carbonyl (C=O) groups excluding carboxylic acids is 1. The van der Waals surface area contributed by atoms with Crippen LogP contribution in [-0.4, -0.2) is 43.7 Å². The fourth-order valence-corrected chi connectivity index (χ4v) is 2.00. The average Bonchev–Trinajstić information content (AvgIpc) is 2.45. The number of methoxy groups -OCH3 is 1. The number of hydrogen-bond donors (Lipinski definition) is 2. The van der Waals surface area contributed by atoms with E-state index in [4.69, 9.17) is 10.5 Å². The van der Waals surface area contributed by atoms with Crippen molar-refractivity contribution in [2.75, 3.05) is 32.5 Å². The van der Waals surface area contributed by atoms with Gasteiger partial charge in [0.15, 0.2) is 0 Å². The molecule has 0 fully saturated rings. The van der Waals surface area contributed by atoms with Gasteiger partial charge in [0.1, 0.15) is 0 Å². The molecule has 0 aliphatic rings. The lowest BCUT2D eigenvalue weighted by atomic mass is 10.1. The number of rotatable bonds is 9. The van der Waals surface area contributed by atoms with E-state index in [0.29, 0.717) is 26.2 Å². The molecule has 0 aliphatic heterocycles. The van der Waals surface area contributed by atoms with E-state index < -0.39 is 0 Å². The van der Waals surface area contributed by atoms with Crippen LogP contribution < -0.4 is 11.1 Å². The number of para-hydroxylation sites is 1. The second-order valence-electron chi connectivity index (χ2n) is 5.39. The molecule has 1 aromatic rings. The molecule has 21 heavy (non-hydrogen) atoms. The largest absolute Gasteiger partial charge is 0.398 e. The number of carbonyl (C=O) groups is 1. The Morgan fingerprint density at radius 3 is 2.71 bits per heavy atom. The number of nitrogens with one attached hydrogen (secondary N) is 1. The van der Waals surface area contributed by atoms with Crippen LogP contribution in [-0.2, 0) is 16.1 Å². The molecule has 0 heterocycles. The molecule has 1 aromatic carbocycles. The van der Waals surface area contributed by atoms with Crippen LogP contribution in [0, 0.1) is 0 Å². The monoisotopic (exact) mass is 293 g/mol. The zero-order valence-corrected chi connectivity index (χ0v) is 13.3. The van der Waals surface area contributed by atoms with Crippen LogP contribution in [0.3, 0.4) is 0 Å². The van der Waals surface area contributed by atoms with Crippen molar-refractivity contribution in [2.45, 2.75) is 32.9 Å². The molecular weight excluding hydrogens is 266 g/mol. The predicted molar refractivity (Wildman–Crippen MR) is 85.9 cm³/mol. The average molecular weight is 293 g/mol. The van der Waals surface area contributed by atoms with Crippen LogP contribution in [0.25, 0.3) is 0 Å². The van der Waals surface area contributed by atoms with Crippen LogP contribution in [0.4, 0.5) is 5.69 Å². The summed E-state index contributed by atoms with van der Waals surface area (Å²) in [5.74, 6) is 0.0364. The van der Waals surface area contributed by atoms with Gasteiger partial charge in [-0.15, -0.1) is 0 Å². The van der Waals surface area contributed by atoms with Crippen molar-refractivity contribution in [1.29, 1.82) is 0 Å². The van der Waals surface area contributed by atoms with Gasteiger partial charge in [-0.3, -0.25) is 9.69 Å². The Morgan fingerprint density at radius 2 is 2.10 bits per heavy atom. The summed E-state index contributed by atoms with van der Waals surface area (Å²) in [6, 6.07) is 8.05. The SMILES string of the molecule is COCCCNC(=O)CN(Cc1ccccc1N)C(C)C. The van der Waals surface area contributed by atoms with Crippen LogP contribution in [0.15, 0.2) is 24.3 Å². The molecule has 0 saturated heterocycles. The van der Waals surface area contributed by atoms with Gasteiger partial charge in [-0.25, -0.2) is 0 Å². The molecule has 5 heteroatoms. The van der Waals surface area contributed by atoms with Crippen LogP contribution in [0.1, 0.15) is 25.8 Å². The van der Waals surface area contributed by atoms with Gasteiger partial charge in [0.25, 0.3) is 0 Å². The lowest BCUT2D eigenvalue weighted by Gasteiger charge is -2.26. The van der Waals surface area contributed by atoms with Crippen molar-refractivity contribution in [2.24, 2.45) is 0 Å². The Morgan fingerprint density at radius 1 is 1.38 bits per heavy atom. The van der Waals surface area contributed by atoms with Crippen molar-refractivity contribution in [3.05, 3.63) is 29.8 Å². The molecule has 1 rings (SSSR count). The number of ether oxygens (including phenoxy) is 1. The second-order valence-corrected chi connectivity index (χ2v) is 5.39. The number of hydrogen-bond acceptors (Lipinski definition) is 4. The summed E-state index contributed by atoms with van der Waals surface area (Å²) in [5, 5.41) is 2.91. The van der Waals surface area contributed by atoms with Crippen molar-refractivity contribution >= 4 is 11.6 Å². The van der Waals surface area contributed by atoms with Crippen molar-refractivity contribution in [3.8, 4) is 0 Å². The highest BCUT2D eigenvalue weighted by Gasteiger charge is 2.15. The normalized spacial score (nSPS) is 11.1. The van der Waals surface area contributed by atoms with Crippen molar-refractivity contribution in [3.63, 3.8) is 0 Å². The Bertz CT molecular complexity index is 435. The highest BCUT2D eigenvalue weighted by Crippen LogP contribution is 2.14. The molecule has 0 spiro atoms. The van der Waals surface area contributed by atoms with E-state index in [1.807, 2.05) is 24.3 Å². The maximum atomic E-state index is 12.0. The molecule has 0 saturated carbocycles. The number of nitrogens with zero attached hydrogens (tertiary/aromatic N) is 1. The molecule has 118 valence electrons. The third kappa shape index (κ3) is 6.60. The maximum absolute atomic E-state index is 12.0. The summed E-state index contributed by atoms with van der Waals surface area (Å²) in [7, 11) is 1.66. The number of anilines is 1. The minimum Gasteiger partial charge on any atom is -0.398 e. The second kappa shape index (κ2) is 9.37. The van der Waals surface area contributed by atoms with E-state index in [1.165, 1.54) is 0 Å². The van der Waals surface area contributed by atoms with Crippen LogP contribution in [0.5, 0.6) is 0 Å². The van der Waals surface area contributed by atoms with Gasteiger partial charge in [0.05, 0.1) is 6.54 Å². The first-order chi connectivity index (χ1) is 10.0. The highest BCUT2D eigenvalue weighted by atomic mass is 16.5. The minimum absolute atomic E-state index is 0.0364. The standard InChI is InChI=1S/C16H27N3O2/c1-13(2)19(11-14-7-4-5-8-15(14)17)12-16(20)18-9-6-10-21-3/h4-5,7-8,13H,6,9-12,17H2,1-3H3,(H,18,20). The first-order valence-corrected chi connectivity index (χ1v) is 7.37. The summed E-state index contributed by atoms with van der Waals surface area (Å²) < 4.78 is 4.96. The number of benzene rings is 1. The number of nitrogen functional groups attached to an aromatic ring is 1. The van der Waals surface area contributed by atoms with E-state index in [1.54, 1.807) is 7.11 Å². The molecule has 1 amide bonds. The Labute approximate surface area is 127 Å². The molecule has 0 aliphatic carbocycles. The van der Waals surface area contributed by atoms with Gasteiger partial charge < -0.3 is 15.8 Å². The lowest BCUT2D eigenvalue weighted by Crippen LogP contribution is -2.40. The molecule has 0 bridgehead atoms. The predicted octanol–water partition coefficient (Wildman–Crippen LogP) is 1.63. The summed E-state index contributed by atoms with van der Waals surface area (Å²) in [5.41, 5.74) is 7.79.